The Morgan fingerprint density at radius 1 is 1.05 bits per heavy atom. The number of carbonyl (C=O) groups is 1. The Labute approximate surface area is 225 Å². The first-order valence-corrected chi connectivity index (χ1v) is 12.6. The van der Waals surface area contributed by atoms with E-state index in [9.17, 15) is 4.79 Å². The molecule has 192 valence electrons. The summed E-state index contributed by atoms with van der Waals surface area (Å²) in [5.74, 6) is 0.830. The van der Waals surface area contributed by atoms with Gasteiger partial charge in [-0.1, -0.05) is 62.4 Å². The summed E-state index contributed by atoms with van der Waals surface area (Å²) in [6.45, 7) is 9.95. The zero-order valence-corrected chi connectivity index (χ0v) is 22.9. The smallest absolute Gasteiger partial charge is 0.302 e. The van der Waals surface area contributed by atoms with Gasteiger partial charge in [-0.2, -0.15) is 0 Å². The van der Waals surface area contributed by atoms with E-state index in [1.54, 1.807) is 0 Å². The first-order chi connectivity index (χ1) is 17.3. The maximum Gasteiger partial charge on any atom is 0.302 e. The van der Waals surface area contributed by atoms with Crippen molar-refractivity contribution in [2.75, 3.05) is 18.6 Å². The lowest BCUT2D eigenvalue weighted by atomic mass is 9.84. The summed E-state index contributed by atoms with van der Waals surface area (Å²) < 4.78 is 9.93. The molecule has 1 aromatic heterocycles. The highest BCUT2D eigenvalue weighted by atomic mass is 35.5. The highest BCUT2D eigenvalue weighted by Crippen LogP contribution is 2.46. The summed E-state index contributed by atoms with van der Waals surface area (Å²) in [5.41, 5.74) is 6.11. The number of esters is 1. The highest BCUT2D eigenvalue weighted by Gasteiger charge is 2.37. The van der Waals surface area contributed by atoms with E-state index in [-0.39, 0.29) is 23.8 Å². The van der Waals surface area contributed by atoms with Crippen molar-refractivity contribution in [2.45, 2.75) is 46.2 Å². The number of likely N-dealkylation sites (N-methyl/N-ethyl adjacent to an activating group) is 1. The molecule has 0 bridgehead atoms. The number of nitrogens with zero attached hydrogens (tertiary/aromatic N) is 3. The van der Waals surface area contributed by atoms with E-state index < -0.39 is 0 Å². The quantitative estimate of drug-likeness (QED) is 0.293. The largest absolute Gasteiger partial charge is 1.00 e. The molecule has 1 aliphatic rings. The molecule has 0 radical (unpaired) electrons. The number of halogens is 1. The third-order valence-electron chi connectivity index (χ3n) is 7.35. The molecule has 0 N–H and O–H groups in total. The van der Waals surface area contributed by atoms with Gasteiger partial charge in [0.25, 0.3) is 5.82 Å². The fourth-order valence-electron chi connectivity index (χ4n) is 5.60. The lowest BCUT2D eigenvalue weighted by Gasteiger charge is -2.23. The van der Waals surface area contributed by atoms with Gasteiger partial charge in [0.15, 0.2) is 11.0 Å². The van der Waals surface area contributed by atoms with Crippen molar-refractivity contribution in [2.24, 2.45) is 0 Å². The summed E-state index contributed by atoms with van der Waals surface area (Å²) in [7, 11) is 2.14. The van der Waals surface area contributed by atoms with Crippen LogP contribution in [0.5, 0.6) is 0 Å². The van der Waals surface area contributed by atoms with Crippen LogP contribution in [0.15, 0.2) is 78.5 Å². The summed E-state index contributed by atoms with van der Waals surface area (Å²) in [5, 5.41) is 2.42. The molecule has 0 saturated carbocycles. The van der Waals surface area contributed by atoms with Crippen molar-refractivity contribution in [1.82, 2.24) is 4.57 Å². The first-order valence-electron chi connectivity index (χ1n) is 12.6. The van der Waals surface area contributed by atoms with Crippen molar-refractivity contribution < 1.29 is 26.5 Å². The number of allylic oxidation sites excluding steroid dienone is 3. The second-order valence-corrected chi connectivity index (χ2v) is 9.89. The fourth-order valence-corrected chi connectivity index (χ4v) is 5.60. The van der Waals surface area contributed by atoms with E-state index >= 15 is 0 Å². The molecule has 3 aromatic carbocycles. The van der Waals surface area contributed by atoms with E-state index in [1.165, 1.54) is 40.2 Å². The molecule has 37 heavy (non-hydrogen) atoms. The van der Waals surface area contributed by atoms with Gasteiger partial charge in [0.2, 0.25) is 0 Å². The zero-order chi connectivity index (χ0) is 25.4. The van der Waals surface area contributed by atoms with Crippen LogP contribution in [-0.4, -0.2) is 24.2 Å². The lowest BCUT2D eigenvalue weighted by Crippen LogP contribution is -3.00. The van der Waals surface area contributed by atoms with Gasteiger partial charge in [-0.05, 0) is 47.5 Å². The molecule has 5 nitrogen and oxygen atoms in total. The topological polar surface area (TPSA) is 38.4 Å². The SMILES string of the molecule is CCn1c(/C=C/C=C2\N(C)c3ccccc3C2(C)C)[n+](CCOC(C)=O)c2cc3ccccc3cc21.[Cl-]. The number of benzene rings is 3. The van der Waals surface area contributed by atoms with Gasteiger partial charge in [0, 0.05) is 36.8 Å². The number of aromatic nitrogens is 2. The van der Waals surface area contributed by atoms with Crippen LogP contribution in [0.3, 0.4) is 0 Å². The molecule has 0 fully saturated rings. The van der Waals surface area contributed by atoms with Crippen molar-refractivity contribution in [3.63, 3.8) is 0 Å². The van der Waals surface area contributed by atoms with Crippen LogP contribution in [-0.2, 0) is 28.0 Å². The highest BCUT2D eigenvalue weighted by molar-refractivity contribution is 5.94. The molecule has 0 unspecified atom stereocenters. The number of hydrogen-bond donors (Lipinski definition) is 0. The number of hydrogen-bond acceptors (Lipinski definition) is 3. The average Bonchev–Trinajstić information content (AvgIpc) is 3.25. The average molecular weight is 516 g/mol. The fraction of sp³-hybridized carbons (Fsp3) is 0.290. The van der Waals surface area contributed by atoms with Crippen LogP contribution in [0.1, 0.15) is 39.1 Å². The lowest BCUT2D eigenvalue weighted by molar-refractivity contribution is -0.675. The summed E-state index contributed by atoms with van der Waals surface area (Å²) in [4.78, 5) is 13.7. The van der Waals surface area contributed by atoms with E-state index in [1.807, 2.05) is 0 Å². The zero-order valence-electron chi connectivity index (χ0n) is 22.2. The Kier molecular flexibility index (Phi) is 7.47. The molecule has 1 aliphatic heterocycles. The molecule has 0 amide bonds. The van der Waals surface area contributed by atoms with E-state index in [0.717, 1.165) is 17.9 Å². The Morgan fingerprint density at radius 2 is 1.73 bits per heavy atom. The van der Waals surface area contributed by atoms with Crippen molar-refractivity contribution in [3.8, 4) is 0 Å². The van der Waals surface area contributed by atoms with Gasteiger partial charge in [-0.3, -0.25) is 4.79 Å². The van der Waals surface area contributed by atoms with Crippen LogP contribution >= 0.6 is 0 Å². The Hall–Kier alpha value is -3.57. The summed E-state index contributed by atoms with van der Waals surface area (Å²) in [6, 6.07) is 21.6. The third kappa shape index (κ3) is 4.64. The summed E-state index contributed by atoms with van der Waals surface area (Å²) in [6.07, 6.45) is 6.56. The predicted molar refractivity (Wildman–Crippen MR) is 147 cm³/mol. The molecule has 0 atom stereocenters. The maximum absolute atomic E-state index is 11.5. The molecule has 4 aromatic rings. The number of para-hydroxylation sites is 1. The van der Waals surface area contributed by atoms with Gasteiger partial charge >= 0.3 is 5.97 Å². The molecule has 0 aliphatic carbocycles. The van der Waals surface area contributed by atoms with Crippen molar-refractivity contribution >= 4 is 39.5 Å². The minimum atomic E-state index is -0.256. The van der Waals surface area contributed by atoms with Gasteiger partial charge in [0.05, 0.1) is 6.54 Å². The van der Waals surface area contributed by atoms with Crippen molar-refractivity contribution in [3.05, 3.63) is 89.9 Å². The first kappa shape index (κ1) is 26.5. The van der Waals surface area contributed by atoms with Gasteiger partial charge < -0.3 is 22.0 Å². The minimum absolute atomic E-state index is 0. The molecule has 0 saturated heterocycles. The second-order valence-electron chi connectivity index (χ2n) is 9.89. The number of ether oxygens (including phenoxy) is 1. The molecule has 5 rings (SSSR count). The van der Waals surface area contributed by atoms with Crippen LogP contribution < -0.4 is 21.9 Å². The number of fused-ring (bicyclic) bond motifs is 3. The monoisotopic (exact) mass is 515 g/mol. The van der Waals surface area contributed by atoms with E-state index in [0.29, 0.717) is 13.2 Å². The molecule has 6 heteroatoms. The van der Waals surface area contributed by atoms with E-state index in [2.05, 4.69) is 121 Å². The van der Waals surface area contributed by atoms with Crippen LogP contribution in [0, 0.1) is 0 Å². The van der Waals surface area contributed by atoms with Crippen LogP contribution in [0.25, 0.3) is 27.9 Å². The molecular weight excluding hydrogens is 482 g/mol. The number of imidazole rings is 1. The molecular formula is C31H34ClN3O2. The van der Waals surface area contributed by atoms with Crippen molar-refractivity contribution in [1.29, 1.82) is 0 Å². The van der Waals surface area contributed by atoms with Gasteiger partial charge in [-0.15, -0.1) is 0 Å². The maximum atomic E-state index is 11.5. The molecule has 2 heterocycles. The third-order valence-corrected chi connectivity index (χ3v) is 7.35. The second kappa shape index (κ2) is 10.4. The molecule has 0 spiro atoms. The Bertz CT molecular complexity index is 1530. The number of aryl methyl sites for hydroxylation is 1. The number of carbonyl (C=O) groups excluding carboxylic acids is 1. The van der Waals surface area contributed by atoms with Gasteiger partial charge in [0.1, 0.15) is 13.2 Å². The van der Waals surface area contributed by atoms with Crippen LogP contribution in [0.2, 0.25) is 0 Å². The van der Waals surface area contributed by atoms with E-state index in [4.69, 9.17) is 4.74 Å². The predicted octanol–water partition coefficient (Wildman–Crippen LogP) is 2.99. The number of rotatable bonds is 6. The Morgan fingerprint density at radius 3 is 2.41 bits per heavy atom. The minimum Gasteiger partial charge on any atom is -1.00 e. The summed E-state index contributed by atoms with van der Waals surface area (Å²) >= 11 is 0. The standard InChI is InChI=1S/C31H34N3O2.ClH/c1-6-33-27-20-23-12-7-8-13-24(23)21-28(27)34(18-19-36-22(2)35)30(33)17-11-16-29-31(3,4)25-14-9-10-15-26(25)32(29)5;/h7-17,20-21H,6,18-19H2,1-5H3;1H/q+1;/p-1. The van der Waals surface area contributed by atoms with Crippen LogP contribution in [0.4, 0.5) is 5.69 Å². The normalized spacial score (nSPS) is 15.5. The Balaban J connectivity index is 0.00000320. The van der Waals surface area contributed by atoms with Gasteiger partial charge in [-0.25, -0.2) is 9.13 Å². The number of anilines is 1.